The number of nitrogens with one attached hydrogen (secondary N) is 1. The number of rotatable bonds is 7. The smallest absolute Gasteiger partial charge is 0.337 e. The third kappa shape index (κ3) is 4.53. The Labute approximate surface area is 178 Å². The Hall–Kier alpha value is -4.20. The Morgan fingerprint density at radius 1 is 0.968 bits per heavy atom. The van der Waals surface area contributed by atoms with Crippen LogP contribution in [0.3, 0.4) is 0 Å². The average molecular weight is 416 g/mol. The molecule has 1 N–H and O–H groups in total. The van der Waals surface area contributed by atoms with E-state index in [0.29, 0.717) is 16.6 Å². The van der Waals surface area contributed by atoms with Gasteiger partial charge >= 0.3 is 5.97 Å². The zero-order chi connectivity index (χ0) is 21.6. The second-order valence-electron chi connectivity index (χ2n) is 6.75. The molecule has 1 aromatic heterocycles. The van der Waals surface area contributed by atoms with E-state index in [4.69, 9.17) is 9.57 Å². The second kappa shape index (κ2) is 9.08. The molecule has 0 radical (unpaired) electrons. The van der Waals surface area contributed by atoms with Gasteiger partial charge in [0, 0.05) is 0 Å². The van der Waals surface area contributed by atoms with E-state index in [1.807, 2.05) is 60.7 Å². The van der Waals surface area contributed by atoms with Crippen LogP contribution in [0.5, 0.6) is 0 Å². The van der Waals surface area contributed by atoms with Gasteiger partial charge in [-0.25, -0.2) is 4.79 Å². The molecule has 0 aliphatic carbocycles. The van der Waals surface area contributed by atoms with Gasteiger partial charge in [0.1, 0.15) is 11.0 Å². The van der Waals surface area contributed by atoms with Gasteiger partial charge in [0.15, 0.2) is 6.61 Å². The minimum atomic E-state index is -0.485. The molecule has 1 heterocycles. The summed E-state index contributed by atoms with van der Waals surface area (Å²) in [6, 6.07) is 23.8. The molecule has 8 heteroatoms. The maximum absolute atomic E-state index is 12.7. The lowest BCUT2D eigenvalue weighted by Gasteiger charge is -2.20. The number of ether oxygens (including phenoxy) is 1. The zero-order valence-corrected chi connectivity index (χ0v) is 16.8. The summed E-state index contributed by atoms with van der Waals surface area (Å²) in [6.07, 6.45) is 0. The number of amides is 1. The van der Waals surface area contributed by atoms with Crippen molar-refractivity contribution in [3.8, 4) is 0 Å². The van der Waals surface area contributed by atoms with Gasteiger partial charge in [0.2, 0.25) is 0 Å². The topological polar surface area (TPSA) is 95.3 Å². The Balaban J connectivity index is 1.49. The van der Waals surface area contributed by atoms with Crippen LogP contribution in [0.1, 0.15) is 27.5 Å². The fourth-order valence-corrected chi connectivity index (χ4v) is 3.21. The molecule has 0 aliphatic heterocycles. The van der Waals surface area contributed by atoms with Crippen molar-refractivity contribution in [2.75, 3.05) is 13.7 Å². The van der Waals surface area contributed by atoms with Crippen molar-refractivity contribution in [3.63, 3.8) is 0 Å². The normalized spacial score (nSPS) is 10.8. The lowest BCUT2D eigenvalue weighted by Crippen LogP contribution is -2.35. The molecule has 0 atom stereocenters. The first-order valence-electron chi connectivity index (χ1n) is 9.62. The molecule has 4 aromatic rings. The summed E-state index contributed by atoms with van der Waals surface area (Å²) in [5, 5.41) is 10.9. The molecule has 0 saturated carbocycles. The van der Waals surface area contributed by atoms with E-state index in [1.54, 1.807) is 18.2 Å². The molecule has 1 amide bonds. The van der Waals surface area contributed by atoms with E-state index in [9.17, 15) is 9.59 Å². The highest BCUT2D eigenvalue weighted by atomic mass is 16.7. The maximum atomic E-state index is 12.7. The molecule has 0 saturated heterocycles. The van der Waals surface area contributed by atoms with Gasteiger partial charge in [-0.15, -0.1) is 5.10 Å². The molecule has 0 fully saturated rings. The molecule has 8 nitrogen and oxygen atoms in total. The summed E-state index contributed by atoms with van der Waals surface area (Å²) < 4.78 is 4.73. The van der Waals surface area contributed by atoms with Crippen LogP contribution in [0.4, 0.5) is 0 Å². The number of hydrogen-bond donors (Lipinski definition) is 1. The summed E-state index contributed by atoms with van der Waals surface area (Å²) >= 11 is 0. The van der Waals surface area contributed by atoms with Crippen molar-refractivity contribution < 1.29 is 19.2 Å². The molecule has 4 rings (SSSR count). The highest BCUT2D eigenvalue weighted by Gasteiger charge is 2.18. The molecule has 0 unspecified atom stereocenters. The van der Waals surface area contributed by atoms with Crippen molar-refractivity contribution >= 4 is 22.9 Å². The minimum absolute atomic E-state index is 0.281. The lowest BCUT2D eigenvalue weighted by atomic mass is 9.99. The number of aromatic nitrogens is 3. The second-order valence-corrected chi connectivity index (χ2v) is 6.75. The summed E-state index contributed by atoms with van der Waals surface area (Å²) in [5.74, 6) is -0.813. The molecular formula is C23H20N4O4. The van der Waals surface area contributed by atoms with Crippen LogP contribution in [0.2, 0.25) is 0 Å². The van der Waals surface area contributed by atoms with Crippen molar-refractivity contribution in [2.45, 2.75) is 6.04 Å². The minimum Gasteiger partial charge on any atom is -0.465 e. The standard InChI is InChI=1S/C23H20N4O4/c1-30-23(29)18-12-13-19-20(14-18)27(26-25-19)31-15-21(28)24-22(16-8-4-2-5-9-16)17-10-6-3-7-11-17/h2-14,22H,15H2,1H3,(H,24,28). The molecule has 31 heavy (non-hydrogen) atoms. The van der Waals surface area contributed by atoms with Crippen LogP contribution in [0.15, 0.2) is 78.9 Å². The molecule has 0 spiro atoms. The fourth-order valence-electron chi connectivity index (χ4n) is 3.21. The van der Waals surface area contributed by atoms with Crippen molar-refractivity contribution in [1.82, 2.24) is 20.5 Å². The Morgan fingerprint density at radius 2 is 1.61 bits per heavy atom. The van der Waals surface area contributed by atoms with E-state index < -0.39 is 5.97 Å². The van der Waals surface area contributed by atoms with E-state index in [1.165, 1.54) is 7.11 Å². The molecule has 0 aliphatic rings. The number of benzene rings is 3. The number of nitrogens with zero attached hydrogens (tertiary/aromatic N) is 3. The third-order valence-corrected chi connectivity index (χ3v) is 4.73. The van der Waals surface area contributed by atoms with Gasteiger partial charge in [0.25, 0.3) is 5.91 Å². The highest BCUT2D eigenvalue weighted by molar-refractivity contribution is 5.93. The first-order valence-corrected chi connectivity index (χ1v) is 9.62. The predicted octanol–water partition coefficient (Wildman–Crippen LogP) is 2.55. The zero-order valence-electron chi connectivity index (χ0n) is 16.8. The molecule has 3 aromatic carbocycles. The number of carbonyl (C=O) groups excluding carboxylic acids is 2. The first-order chi connectivity index (χ1) is 15.2. The van der Waals surface area contributed by atoms with Gasteiger partial charge < -0.3 is 14.9 Å². The van der Waals surface area contributed by atoms with E-state index in [-0.39, 0.29) is 18.6 Å². The number of fused-ring (bicyclic) bond motifs is 1. The first kappa shape index (κ1) is 20.1. The summed E-state index contributed by atoms with van der Waals surface area (Å²) in [6.45, 7) is -0.281. The van der Waals surface area contributed by atoms with Crippen LogP contribution in [-0.2, 0) is 9.53 Å². The van der Waals surface area contributed by atoms with Gasteiger partial charge in [-0.05, 0) is 34.5 Å². The maximum Gasteiger partial charge on any atom is 0.337 e. The van der Waals surface area contributed by atoms with E-state index in [2.05, 4.69) is 15.6 Å². The number of methoxy groups -OCH3 is 1. The highest BCUT2D eigenvalue weighted by Crippen LogP contribution is 2.21. The summed E-state index contributed by atoms with van der Waals surface area (Å²) in [4.78, 5) is 31.1. The summed E-state index contributed by atoms with van der Waals surface area (Å²) in [7, 11) is 1.30. The predicted molar refractivity (Wildman–Crippen MR) is 113 cm³/mol. The van der Waals surface area contributed by atoms with Crippen LogP contribution in [0.25, 0.3) is 11.0 Å². The van der Waals surface area contributed by atoms with Crippen LogP contribution < -0.4 is 10.2 Å². The van der Waals surface area contributed by atoms with Crippen LogP contribution in [-0.4, -0.2) is 40.8 Å². The molecule has 156 valence electrons. The monoisotopic (exact) mass is 416 g/mol. The Bertz CT molecular complexity index is 1150. The Kier molecular flexibility index (Phi) is 5.89. The van der Waals surface area contributed by atoms with Crippen molar-refractivity contribution in [2.24, 2.45) is 0 Å². The third-order valence-electron chi connectivity index (χ3n) is 4.73. The van der Waals surface area contributed by atoms with E-state index >= 15 is 0 Å². The van der Waals surface area contributed by atoms with Gasteiger partial charge in [0.05, 0.1) is 18.7 Å². The Morgan fingerprint density at radius 3 is 2.23 bits per heavy atom. The van der Waals surface area contributed by atoms with Gasteiger partial charge in [-0.1, -0.05) is 65.5 Å². The quantitative estimate of drug-likeness (QED) is 0.465. The van der Waals surface area contributed by atoms with Crippen molar-refractivity contribution in [1.29, 1.82) is 0 Å². The number of carbonyl (C=O) groups is 2. The van der Waals surface area contributed by atoms with Crippen LogP contribution in [0, 0.1) is 0 Å². The number of hydrogen-bond acceptors (Lipinski definition) is 6. The number of esters is 1. The van der Waals surface area contributed by atoms with Gasteiger partial charge in [-0.2, -0.15) is 0 Å². The molecular weight excluding hydrogens is 396 g/mol. The summed E-state index contributed by atoms with van der Waals surface area (Å²) in [5.41, 5.74) is 3.23. The van der Waals surface area contributed by atoms with E-state index in [0.717, 1.165) is 16.0 Å². The molecule has 0 bridgehead atoms. The lowest BCUT2D eigenvalue weighted by molar-refractivity contribution is -0.126. The van der Waals surface area contributed by atoms with Crippen molar-refractivity contribution in [3.05, 3.63) is 95.6 Å². The fraction of sp³-hybridized carbons (Fsp3) is 0.130. The van der Waals surface area contributed by atoms with Gasteiger partial charge in [-0.3, -0.25) is 4.79 Å². The largest absolute Gasteiger partial charge is 0.465 e. The average Bonchev–Trinajstić information content (AvgIpc) is 3.24. The van der Waals surface area contributed by atoms with Crippen LogP contribution >= 0.6 is 0 Å². The SMILES string of the molecule is COC(=O)c1ccc2nnn(OCC(=O)NC(c3ccccc3)c3ccccc3)c2c1.